The van der Waals surface area contributed by atoms with Gasteiger partial charge < -0.3 is 9.47 Å². The first-order valence-electron chi connectivity index (χ1n) is 9.63. The molecule has 7 heteroatoms. The number of ether oxygens (including phenoxy) is 2. The van der Waals surface area contributed by atoms with Crippen LogP contribution in [-0.2, 0) is 11.4 Å². The molecule has 0 spiro atoms. The molecule has 0 N–H and O–H groups in total. The van der Waals surface area contributed by atoms with Crippen molar-refractivity contribution in [1.82, 2.24) is 4.90 Å². The summed E-state index contributed by atoms with van der Waals surface area (Å²) in [6.45, 7) is 0.434. The van der Waals surface area contributed by atoms with Gasteiger partial charge in [0.15, 0.2) is 16.7 Å². The molecule has 3 aromatic rings. The Balaban J connectivity index is 1.61. The standard InChI is InChI=1S/C24H21IN2O3S/c1-26-24-27(2)23(28)21(31-24)13-15-11-19(25)22(20(12-15)29-3)30-14-17-9-6-8-16-7-4-5-10-18(16)17/h4-13H,14H2,1-3H3/b21-13+,26-24?. The molecule has 1 aliphatic heterocycles. The Morgan fingerprint density at radius 1 is 1.16 bits per heavy atom. The zero-order valence-corrected chi connectivity index (χ0v) is 20.4. The van der Waals surface area contributed by atoms with Crippen LogP contribution in [0.15, 0.2) is 64.5 Å². The molecule has 0 unspecified atom stereocenters. The number of aliphatic imine (C=N–C) groups is 1. The van der Waals surface area contributed by atoms with Gasteiger partial charge in [0.1, 0.15) is 6.61 Å². The first-order valence-corrected chi connectivity index (χ1v) is 11.5. The van der Waals surface area contributed by atoms with Gasteiger partial charge in [-0.1, -0.05) is 42.5 Å². The third-order valence-electron chi connectivity index (χ3n) is 5.00. The Kier molecular flexibility index (Phi) is 6.52. The SMILES string of the molecule is CN=C1S/C(=C/c2cc(I)c(OCc3cccc4ccccc34)c(OC)c2)C(=O)N1C. The highest BCUT2D eigenvalue weighted by Crippen LogP contribution is 2.37. The van der Waals surface area contributed by atoms with Crippen LogP contribution in [0.4, 0.5) is 0 Å². The maximum atomic E-state index is 12.4. The van der Waals surface area contributed by atoms with E-state index < -0.39 is 0 Å². The minimum atomic E-state index is -0.0594. The number of fused-ring (bicyclic) bond motifs is 1. The minimum absolute atomic E-state index is 0.0594. The van der Waals surface area contributed by atoms with Gasteiger partial charge in [-0.2, -0.15) is 0 Å². The zero-order chi connectivity index (χ0) is 22.0. The number of likely N-dealkylation sites (N-methyl/N-ethyl adjacent to an activating group) is 1. The van der Waals surface area contributed by atoms with E-state index in [1.807, 2.05) is 36.4 Å². The molecule has 0 aliphatic carbocycles. The number of benzene rings is 3. The smallest absolute Gasteiger partial charge is 0.266 e. The van der Waals surface area contributed by atoms with E-state index in [1.165, 1.54) is 22.5 Å². The summed E-state index contributed by atoms with van der Waals surface area (Å²) in [6.07, 6.45) is 1.86. The molecule has 1 amide bonds. The predicted octanol–water partition coefficient (Wildman–Crippen LogP) is 5.56. The largest absolute Gasteiger partial charge is 0.493 e. The summed E-state index contributed by atoms with van der Waals surface area (Å²) >= 11 is 3.61. The molecule has 4 rings (SSSR count). The van der Waals surface area contributed by atoms with E-state index in [2.05, 4.69) is 51.8 Å². The maximum Gasteiger partial charge on any atom is 0.266 e. The Morgan fingerprint density at radius 2 is 1.94 bits per heavy atom. The third kappa shape index (κ3) is 4.43. The van der Waals surface area contributed by atoms with Gasteiger partial charge in [-0.05, 0) is 74.5 Å². The summed E-state index contributed by atoms with van der Waals surface area (Å²) in [5.41, 5.74) is 1.99. The van der Waals surface area contributed by atoms with Crippen LogP contribution >= 0.6 is 34.4 Å². The van der Waals surface area contributed by atoms with Crippen molar-refractivity contribution in [2.75, 3.05) is 21.2 Å². The molecule has 5 nitrogen and oxygen atoms in total. The van der Waals surface area contributed by atoms with Crippen LogP contribution < -0.4 is 9.47 Å². The van der Waals surface area contributed by atoms with Crippen LogP contribution in [0.5, 0.6) is 11.5 Å². The summed E-state index contributed by atoms with van der Waals surface area (Å²) in [4.78, 5) is 18.8. The summed E-state index contributed by atoms with van der Waals surface area (Å²) < 4.78 is 12.7. The number of carbonyl (C=O) groups excluding carboxylic acids is 1. The number of hydrogen-bond donors (Lipinski definition) is 0. The molecule has 0 atom stereocenters. The average Bonchev–Trinajstić information content (AvgIpc) is 3.05. The highest BCUT2D eigenvalue weighted by Gasteiger charge is 2.29. The lowest BCUT2D eigenvalue weighted by atomic mass is 10.1. The summed E-state index contributed by atoms with van der Waals surface area (Å²) in [5.74, 6) is 1.26. The summed E-state index contributed by atoms with van der Waals surface area (Å²) in [6, 6.07) is 18.4. The van der Waals surface area contributed by atoms with E-state index in [0.29, 0.717) is 28.2 Å². The van der Waals surface area contributed by atoms with E-state index >= 15 is 0 Å². The number of amides is 1. The van der Waals surface area contributed by atoms with Crippen molar-refractivity contribution in [3.05, 3.63) is 74.2 Å². The lowest BCUT2D eigenvalue weighted by Crippen LogP contribution is -2.23. The summed E-state index contributed by atoms with van der Waals surface area (Å²) in [7, 11) is 5.04. The van der Waals surface area contributed by atoms with Crippen molar-refractivity contribution < 1.29 is 14.3 Å². The number of halogens is 1. The lowest BCUT2D eigenvalue weighted by Gasteiger charge is -2.15. The molecule has 1 saturated heterocycles. The third-order valence-corrected chi connectivity index (χ3v) is 6.95. The number of hydrogen-bond acceptors (Lipinski definition) is 5. The van der Waals surface area contributed by atoms with Crippen molar-refractivity contribution in [3.63, 3.8) is 0 Å². The minimum Gasteiger partial charge on any atom is -0.493 e. The second kappa shape index (κ2) is 9.32. The molecule has 31 heavy (non-hydrogen) atoms. The van der Waals surface area contributed by atoms with E-state index in [9.17, 15) is 4.79 Å². The predicted molar refractivity (Wildman–Crippen MR) is 136 cm³/mol. The normalized spacial score (nSPS) is 16.5. The van der Waals surface area contributed by atoms with Gasteiger partial charge in [0.2, 0.25) is 0 Å². The van der Waals surface area contributed by atoms with Crippen LogP contribution in [0, 0.1) is 3.57 Å². The number of thioether (sulfide) groups is 1. The van der Waals surface area contributed by atoms with Gasteiger partial charge in [-0.3, -0.25) is 14.7 Å². The van der Waals surface area contributed by atoms with E-state index in [1.54, 1.807) is 26.1 Å². The number of rotatable bonds is 5. The van der Waals surface area contributed by atoms with Crippen molar-refractivity contribution in [2.24, 2.45) is 4.99 Å². The molecule has 0 aromatic heterocycles. The van der Waals surface area contributed by atoms with Gasteiger partial charge in [-0.25, -0.2) is 0 Å². The zero-order valence-electron chi connectivity index (χ0n) is 17.4. The van der Waals surface area contributed by atoms with Crippen LogP contribution in [-0.4, -0.2) is 37.2 Å². The molecule has 0 bridgehead atoms. The first-order chi connectivity index (χ1) is 15.0. The quantitative estimate of drug-likeness (QED) is 0.312. The fourth-order valence-electron chi connectivity index (χ4n) is 3.43. The fraction of sp³-hybridized carbons (Fsp3) is 0.167. The van der Waals surface area contributed by atoms with Gasteiger partial charge in [0, 0.05) is 14.1 Å². The van der Waals surface area contributed by atoms with Crippen LogP contribution in [0.2, 0.25) is 0 Å². The second-order valence-corrected chi connectivity index (χ2v) is 9.11. The van der Waals surface area contributed by atoms with E-state index in [4.69, 9.17) is 9.47 Å². The van der Waals surface area contributed by atoms with Crippen LogP contribution in [0.25, 0.3) is 16.8 Å². The summed E-state index contributed by atoms with van der Waals surface area (Å²) in [5, 5.41) is 3.05. The van der Waals surface area contributed by atoms with Crippen molar-refractivity contribution >= 4 is 62.3 Å². The Hall–Kier alpha value is -2.52. The number of carbonyl (C=O) groups is 1. The lowest BCUT2D eigenvalue weighted by molar-refractivity contribution is -0.121. The van der Waals surface area contributed by atoms with E-state index in [0.717, 1.165) is 14.7 Å². The van der Waals surface area contributed by atoms with Gasteiger partial charge in [0.05, 0.1) is 15.6 Å². The Morgan fingerprint density at radius 3 is 2.68 bits per heavy atom. The fourth-order valence-corrected chi connectivity index (χ4v) is 5.14. The molecule has 1 fully saturated rings. The van der Waals surface area contributed by atoms with Crippen LogP contribution in [0.1, 0.15) is 11.1 Å². The highest BCUT2D eigenvalue weighted by molar-refractivity contribution is 14.1. The number of nitrogens with zero attached hydrogens (tertiary/aromatic N) is 2. The van der Waals surface area contributed by atoms with Crippen molar-refractivity contribution in [2.45, 2.75) is 6.61 Å². The van der Waals surface area contributed by atoms with Gasteiger partial charge in [0.25, 0.3) is 5.91 Å². The van der Waals surface area contributed by atoms with Crippen molar-refractivity contribution in [1.29, 1.82) is 0 Å². The molecule has 1 aliphatic rings. The molecule has 3 aromatic carbocycles. The molecular formula is C24H21IN2O3S. The molecule has 158 valence electrons. The maximum absolute atomic E-state index is 12.4. The van der Waals surface area contributed by atoms with E-state index in [-0.39, 0.29) is 5.91 Å². The Labute approximate surface area is 199 Å². The molecule has 1 heterocycles. The number of methoxy groups -OCH3 is 1. The second-order valence-electron chi connectivity index (χ2n) is 6.94. The molecular weight excluding hydrogens is 523 g/mol. The topological polar surface area (TPSA) is 51.1 Å². The van der Waals surface area contributed by atoms with Crippen LogP contribution in [0.3, 0.4) is 0 Å². The molecule has 0 saturated carbocycles. The average molecular weight is 544 g/mol. The van der Waals surface area contributed by atoms with Gasteiger partial charge >= 0.3 is 0 Å². The monoisotopic (exact) mass is 544 g/mol. The molecule has 0 radical (unpaired) electrons. The number of amidine groups is 1. The Bertz CT molecular complexity index is 1220. The highest BCUT2D eigenvalue weighted by atomic mass is 127. The van der Waals surface area contributed by atoms with Crippen molar-refractivity contribution in [3.8, 4) is 11.5 Å². The first kappa shape index (κ1) is 21.7. The van der Waals surface area contributed by atoms with Gasteiger partial charge in [-0.15, -0.1) is 0 Å².